The maximum atomic E-state index is 5.35. The fourth-order valence-corrected chi connectivity index (χ4v) is 1.27. The lowest BCUT2D eigenvalue weighted by atomic mass is 10.5. The number of fused-ring (bicyclic) bond motifs is 1. The minimum Gasteiger partial charge on any atom is -0.455 e. The van der Waals surface area contributed by atoms with Crippen LogP contribution in [-0.2, 0) is 6.61 Å². The average Bonchev–Trinajstić information content (AvgIpc) is 2.85. The van der Waals surface area contributed by atoms with Crippen LogP contribution in [0.2, 0.25) is 0 Å². The summed E-state index contributed by atoms with van der Waals surface area (Å²) in [4.78, 5) is 22.8. The van der Waals surface area contributed by atoms with Gasteiger partial charge >= 0.3 is 6.01 Å². The molecule has 0 aliphatic heterocycles. The van der Waals surface area contributed by atoms with Crippen molar-refractivity contribution in [1.29, 1.82) is 0 Å². The van der Waals surface area contributed by atoms with E-state index in [9.17, 15) is 0 Å². The molecule has 0 aliphatic rings. The van der Waals surface area contributed by atoms with Crippen LogP contribution in [0.25, 0.3) is 11.2 Å². The maximum absolute atomic E-state index is 5.35. The van der Waals surface area contributed by atoms with E-state index in [4.69, 9.17) is 4.74 Å². The summed E-state index contributed by atoms with van der Waals surface area (Å²) >= 11 is 0. The molecule has 0 spiro atoms. The topological polar surface area (TPSA) is 89.5 Å². The van der Waals surface area contributed by atoms with Gasteiger partial charge in [0.25, 0.3) is 0 Å². The van der Waals surface area contributed by atoms with Crippen molar-refractivity contribution in [3.8, 4) is 6.01 Å². The lowest BCUT2D eigenvalue weighted by Gasteiger charge is -2.01. The standard InChI is InChI=1S/C10H7N6O/c1-2-11-8(12-3-1)5-17-10-13-4-7-9(16-10)15-6-14-7/h1-4H,5H2,(H,13,14,15,16). The summed E-state index contributed by atoms with van der Waals surface area (Å²) in [6.45, 7) is 0.223. The van der Waals surface area contributed by atoms with Crippen molar-refractivity contribution in [2.75, 3.05) is 0 Å². The Morgan fingerprint density at radius 3 is 3.00 bits per heavy atom. The first-order valence-electron chi connectivity index (χ1n) is 4.89. The van der Waals surface area contributed by atoms with Gasteiger partial charge in [-0.15, -0.1) is 0 Å². The van der Waals surface area contributed by atoms with Crippen LogP contribution in [0.15, 0.2) is 24.7 Å². The van der Waals surface area contributed by atoms with Crippen molar-refractivity contribution in [1.82, 2.24) is 29.9 Å². The van der Waals surface area contributed by atoms with Crippen LogP contribution in [0.3, 0.4) is 0 Å². The van der Waals surface area contributed by atoms with Gasteiger partial charge in [-0.1, -0.05) is 0 Å². The highest BCUT2D eigenvalue weighted by atomic mass is 16.5. The molecule has 0 amide bonds. The van der Waals surface area contributed by atoms with Gasteiger partial charge in [0, 0.05) is 12.4 Å². The highest BCUT2D eigenvalue weighted by Crippen LogP contribution is 2.09. The maximum Gasteiger partial charge on any atom is 0.318 e. The number of nitrogens with zero attached hydrogens (tertiary/aromatic N) is 5. The van der Waals surface area contributed by atoms with Crippen molar-refractivity contribution < 1.29 is 4.74 Å². The van der Waals surface area contributed by atoms with Crippen LogP contribution >= 0.6 is 0 Å². The Bertz CT molecular complexity index is 623. The molecule has 3 heterocycles. The lowest BCUT2D eigenvalue weighted by Crippen LogP contribution is -2.02. The molecule has 83 valence electrons. The zero-order valence-electron chi connectivity index (χ0n) is 8.66. The molecule has 7 heteroatoms. The van der Waals surface area contributed by atoms with Gasteiger partial charge in [-0.25, -0.2) is 19.9 Å². The first kappa shape index (κ1) is 9.64. The first-order chi connectivity index (χ1) is 8.42. The molecule has 0 bridgehead atoms. The van der Waals surface area contributed by atoms with Crippen molar-refractivity contribution in [2.45, 2.75) is 6.61 Å². The molecule has 0 aromatic carbocycles. The number of imidazole rings is 1. The summed E-state index contributed by atoms with van der Waals surface area (Å²) in [6, 6.07) is 1.98. The van der Waals surface area contributed by atoms with Gasteiger partial charge in [-0.3, -0.25) is 0 Å². The molecule has 0 atom stereocenters. The Kier molecular flexibility index (Phi) is 2.34. The Hall–Kier alpha value is -2.57. The fraction of sp³-hybridized carbons (Fsp3) is 0.100. The Morgan fingerprint density at radius 2 is 2.12 bits per heavy atom. The van der Waals surface area contributed by atoms with Gasteiger partial charge in [-0.05, 0) is 6.07 Å². The second-order valence-electron chi connectivity index (χ2n) is 3.19. The zero-order chi connectivity index (χ0) is 11.5. The molecule has 0 aliphatic carbocycles. The smallest absolute Gasteiger partial charge is 0.318 e. The number of H-pyrrole nitrogens is 1. The van der Waals surface area contributed by atoms with E-state index in [0.29, 0.717) is 17.0 Å². The highest BCUT2D eigenvalue weighted by molar-refractivity contribution is 5.68. The second-order valence-corrected chi connectivity index (χ2v) is 3.19. The average molecular weight is 227 g/mol. The summed E-state index contributed by atoms with van der Waals surface area (Å²) < 4.78 is 5.35. The van der Waals surface area contributed by atoms with Crippen LogP contribution in [-0.4, -0.2) is 29.9 Å². The molecular formula is C10H7N6O. The normalized spacial score (nSPS) is 10.6. The van der Waals surface area contributed by atoms with Gasteiger partial charge in [0.1, 0.15) is 5.52 Å². The van der Waals surface area contributed by atoms with Gasteiger partial charge in [0.2, 0.25) is 0 Å². The molecule has 0 fully saturated rings. The number of aromatic amines is 1. The number of hydrogen-bond acceptors (Lipinski definition) is 6. The zero-order valence-corrected chi connectivity index (χ0v) is 8.66. The van der Waals surface area contributed by atoms with E-state index in [1.165, 1.54) is 0 Å². The molecule has 3 aromatic rings. The van der Waals surface area contributed by atoms with Crippen LogP contribution in [0, 0.1) is 6.33 Å². The van der Waals surface area contributed by atoms with Crippen molar-refractivity contribution in [3.05, 3.63) is 36.8 Å². The van der Waals surface area contributed by atoms with Gasteiger partial charge in [-0.2, -0.15) is 4.98 Å². The van der Waals surface area contributed by atoms with Crippen molar-refractivity contribution in [3.63, 3.8) is 0 Å². The molecular weight excluding hydrogens is 220 g/mol. The predicted octanol–water partition coefficient (Wildman–Crippen LogP) is 0.522. The number of ether oxygens (including phenoxy) is 1. The first-order valence-corrected chi connectivity index (χ1v) is 4.89. The van der Waals surface area contributed by atoms with Crippen molar-refractivity contribution in [2.24, 2.45) is 0 Å². The third kappa shape index (κ3) is 2.03. The molecule has 0 saturated carbocycles. The summed E-state index contributed by atoms with van der Waals surface area (Å²) in [6.07, 6.45) is 7.47. The van der Waals surface area contributed by atoms with Gasteiger partial charge < -0.3 is 9.72 Å². The predicted molar refractivity (Wildman–Crippen MR) is 56.9 cm³/mol. The third-order valence-electron chi connectivity index (χ3n) is 2.05. The highest BCUT2D eigenvalue weighted by Gasteiger charge is 2.04. The Labute approximate surface area is 96.0 Å². The third-order valence-corrected chi connectivity index (χ3v) is 2.05. The fourth-order valence-electron chi connectivity index (χ4n) is 1.27. The number of nitrogens with one attached hydrogen (secondary N) is 1. The Balaban J connectivity index is 1.76. The molecule has 3 aromatic heterocycles. The number of hydrogen-bond donors (Lipinski definition) is 1. The van der Waals surface area contributed by atoms with E-state index in [2.05, 4.69) is 36.2 Å². The van der Waals surface area contributed by atoms with E-state index < -0.39 is 0 Å². The van der Waals surface area contributed by atoms with Gasteiger partial charge in [0.05, 0.1) is 6.20 Å². The summed E-state index contributed by atoms with van der Waals surface area (Å²) in [5.41, 5.74) is 1.23. The SMILES string of the molecule is [c]1nc2nc(OCc3ncccn3)ncc2[nH]1. The van der Waals surface area contributed by atoms with Crippen molar-refractivity contribution >= 4 is 11.2 Å². The quantitative estimate of drug-likeness (QED) is 0.701. The monoisotopic (exact) mass is 227 g/mol. The molecule has 0 unspecified atom stereocenters. The molecule has 0 saturated heterocycles. The van der Waals surface area contributed by atoms with E-state index in [1.807, 2.05) is 0 Å². The van der Waals surface area contributed by atoms with Crippen LogP contribution in [0.4, 0.5) is 0 Å². The van der Waals surface area contributed by atoms with Crippen LogP contribution in [0.1, 0.15) is 5.82 Å². The largest absolute Gasteiger partial charge is 0.455 e. The minimum absolute atomic E-state index is 0.223. The van der Waals surface area contributed by atoms with Gasteiger partial charge in [0.15, 0.2) is 24.4 Å². The van der Waals surface area contributed by atoms with Crippen LogP contribution in [0.5, 0.6) is 6.01 Å². The molecule has 1 radical (unpaired) electrons. The molecule has 3 rings (SSSR count). The summed E-state index contributed by atoms with van der Waals surface area (Å²) in [5.74, 6) is 0.574. The molecule has 1 N–H and O–H groups in total. The Morgan fingerprint density at radius 1 is 1.24 bits per heavy atom. The summed E-state index contributed by atoms with van der Waals surface area (Å²) in [7, 11) is 0. The van der Waals surface area contributed by atoms with E-state index in [-0.39, 0.29) is 12.6 Å². The summed E-state index contributed by atoms with van der Waals surface area (Å²) in [5, 5.41) is 0. The van der Waals surface area contributed by atoms with E-state index in [1.54, 1.807) is 24.7 Å². The number of rotatable bonds is 3. The van der Waals surface area contributed by atoms with Crippen LogP contribution < -0.4 is 4.74 Å². The molecule has 7 nitrogen and oxygen atoms in total. The van der Waals surface area contributed by atoms with E-state index in [0.717, 1.165) is 0 Å². The lowest BCUT2D eigenvalue weighted by molar-refractivity contribution is 0.272. The second kappa shape index (κ2) is 4.12. The number of aromatic nitrogens is 6. The van der Waals surface area contributed by atoms with E-state index >= 15 is 0 Å². The molecule has 17 heavy (non-hydrogen) atoms. The minimum atomic E-state index is 0.223.